The molecule has 0 spiro atoms. The second-order valence-electron chi connectivity index (χ2n) is 5.79. The van der Waals surface area contributed by atoms with Crippen molar-refractivity contribution in [3.8, 4) is 17.2 Å². The molecular formula is C19H27IN4O3. The third-order valence-corrected chi connectivity index (χ3v) is 4.07. The summed E-state index contributed by atoms with van der Waals surface area (Å²) in [6, 6.07) is 5.65. The van der Waals surface area contributed by atoms with Gasteiger partial charge in [-0.05, 0) is 31.5 Å². The van der Waals surface area contributed by atoms with Crippen LogP contribution in [0.25, 0.3) is 0 Å². The van der Waals surface area contributed by atoms with Gasteiger partial charge >= 0.3 is 0 Å². The van der Waals surface area contributed by atoms with Crippen LogP contribution in [0.2, 0.25) is 0 Å². The number of pyridine rings is 1. The summed E-state index contributed by atoms with van der Waals surface area (Å²) in [5, 5.41) is 3.09. The minimum absolute atomic E-state index is 0. The molecule has 148 valence electrons. The van der Waals surface area contributed by atoms with Crippen molar-refractivity contribution in [2.24, 2.45) is 10.7 Å². The summed E-state index contributed by atoms with van der Waals surface area (Å²) in [7, 11) is 4.87. The number of halogens is 1. The highest BCUT2D eigenvalue weighted by atomic mass is 127. The van der Waals surface area contributed by atoms with Crippen LogP contribution in [0.15, 0.2) is 29.4 Å². The van der Waals surface area contributed by atoms with Gasteiger partial charge in [0, 0.05) is 17.3 Å². The normalized spacial score (nSPS) is 10.8. The van der Waals surface area contributed by atoms with Crippen LogP contribution in [0.3, 0.4) is 0 Å². The van der Waals surface area contributed by atoms with E-state index in [2.05, 4.69) is 15.3 Å². The third kappa shape index (κ3) is 5.88. The molecule has 0 unspecified atom stereocenters. The third-order valence-electron chi connectivity index (χ3n) is 4.07. The molecule has 0 saturated carbocycles. The Labute approximate surface area is 177 Å². The van der Waals surface area contributed by atoms with Crippen molar-refractivity contribution in [1.82, 2.24) is 10.3 Å². The largest absolute Gasteiger partial charge is 0.496 e. The van der Waals surface area contributed by atoms with Gasteiger partial charge in [0.1, 0.15) is 5.75 Å². The fourth-order valence-electron chi connectivity index (χ4n) is 2.63. The lowest BCUT2D eigenvalue weighted by Crippen LogP contribution is -2.31. The molecule has 1 heterocycles. The summed E-state index contributed by atoms with van der Waals surface area (Å²) in [6.07, 6.45) is 1.79. The van der Waals surface area contributed by atoms with Crippen LogP contribution < -0.4 is 25.3 Å². The van der Waals surface area contributed by atoms with Gasteiger partial charge in [-0.2, -0.15) is 0 Å². The highest BCUT2D eigenvalue weighted by Gasteiger charge is 2.09. The first kappa shape index (κ1) is 22.8. The van der Waals surface area contributed by atoms with Gasteiger partial charge in [0.2, 0.25) is 0 Å². The average Bonchev–Trinajstić information content (AvgIpc) is 2.65. The predicted molar refractivity (Wildman–Crippen MR) is 117 cm³/mol. The topological polar surface area (TPSA) is 91.0 Å². The van der Waals surface area contributed by atoms with Gasteiger partial charge in [-0.3, -0.25) is 4.98 Å². The number of hydrogen-bond donors (Lipinski definition) is 2. The Morgan fingerprint density at radius 1 is 1.11 bits per heavy atom. The maximum Gasteiger partial charge on any atom is 0.189 e. The van der Waals surface area contributed by atoms with Crippen LogP contribution in [0.1, 0.15) is 22.4 Å². The Kier molecular flexibility index (Phi) is 9.13. The van der Waals surface area contributed by atoms with E-state index in [1.807, 2.05) is 32.0 Å². The lowest BCUT2D eigenvalue weighted by molar-refractivity contribution is 0.354. The Morgan fingerprint density at radius 3 is 2.44 bits per heavy atom. The van der Waals surface area contributed by atoms with Crippen LogP contribution in [-0.2, 0) is 13.1 Å². The van der Waals surface area contributed by atoms with Crippen molar-refractivity contribution in [1.29, 1.82) is 0 Å². The van der Waals surface area contributed by atoms with E-state index in [1.165, 1.54) is 0 Å². The first-order chi connectivity index (χ1) is 12.5. The molecular weight excluding hydrogens is 459 g/mol. The minimum Gasteiger partial charge on any atom is -0.496 e. The molecule has 2 aromatic rings. The number of rotatable bonds is 7. The molecule has 1 aromatic heterocycles. The molecule has 0 aliphatic heterocycles. The smallest absolute Gasteiger partial charge is 0.189 e. The number of nitrogens with zero attached hydrogens (tertiary/aromatic N) is 2. The summed E-state index contributed by atoms with van der Waals surface area (Å²) in [6.45, 7) is 4.86. The molecule has 7 nitrogen and oxygen atoms in total. The highest BCUT2D eigenvalue weighted by Crippen LogP contribution is 2.27. The van der Waals surface area contributed by atoms with E-state index in [4.69, 9.17) is 19.9 Å². The van der Waals surface area contributed by atoms with Crippen molar-refractivity contribution < 1.29 is 14.2 Å². The van der Waals surface area contributed by atoms with E-state index in [9.17, 15) is 0 Å². The number of ether oxygens (including phenoxy) is 3. The average molecular weight is 486 g/mol. The molecule has 0 aliphatic carbocycles. The standard InChI is InChI=1S/C19H26N4O3.HI/c1-12-9-21-15(13(2)18(12)26-5)11-23-19(20)22-10-14-6-7-16(24-3)17(8-14)25-4;/h6-9H,10-11H2,1-5H3,(H3,20,22,23);1H. The van der Waals surface area contributed by atoms with E-state index in [0.717, 1.165) is 28.1 Å². The molecule has 2 rings (SSSR count). The van der Waals surface area contributed by atoms with Crippen LogP contribution in [0.5, 0.6) is 17.2 Å². The molecule has 8 heteroatoms. The van der Waals surface area contributed by atoms with Gasteiger partial charge in [0.15, 0.2) is 17.5 Å². The molecule has 3 N–H and O–H groups in total. The number of guanidine groups is 1. The van der Waals surface area contributed by atoms with Gasteiger partial charge in [0.05, 0.1) is 40.1 Å². The monoisotopic (exact) mass is 486 g/mol. The van der Waals surface area contributed by atoms with Gasteiger partial charge in [0.25, 0.3) is 0 Å². The molecule has 0 radical (unpaired) electrons. The Bertz CT molecular complexity index is 797. The maximum atomic E-state index is 5.97. The van der Waals surface area contributed by atoms with Crippen molar-refractivity contribution in [3.63, 3.8) is 0 Å². The van der Waals surface area contributed by atoms with E-state index >= 15 is 0 Å². The zero-order valence-electron chi connectivity index (χ0n) is 16.3. The quantitative estimate of drug-likeness (QED) is 0.356. The van der Waals surface area contributed by atoms with E-state index in [0.29, 0.717) is 30.5 Å². The fourth-order valence-corrected chi connectivity index (χ4v) is 2.63. The maximum absolute atomic E-state index is 5.97. The lowest BCUT2D eigenvalue weighted by atomic mass is 10.1. The number of nitrogens with two attached hydrogens (primary N) is 1. The SMILES string of the molecule is COc1ccc(CN=C(N)NCc2ncc(C)c(OC)c2C)cc1OC.I. The second-order valence-corrected chi connectivity index (χ2v) is 5.79. The molecule has 0 aliphatic rings. The lowest BCUT2D eigenvalue weighted by Gasteiger charge is -2.13. The number of benzene rings is 1. The fraction of sp³-hybridized carbons (Fsp3) is 0.368. The van der Waals surface area contributed by atoms with E-state index in [1.54, 1.807) is 27.5 Å². The molecule has 27 heavy (non-hydrogen) atoms. The summed E-state index contributed by atoms with van der Waals surface area (Å²) < 4.78 is 15.9. The van der Waals surface area contributed by atoms with Crippen molar-refractivity contribution in [2.45, 2.75) is 26.9 Å². The van der Waals surface area contributed by atoms with Gasteiger partial charge in [-0.1, -0.05) is 6.07 Å². The number of hydrogen-bond acceptors (Lipinski definition) is 5. The highest BCUT2D eigenvalue weighted by molar-refractivity contribution is 14.0. The first-order valence-electron chi connectivity index (χ1n) is 8.23. The predicted octanol–water partition coefficient (Wildman–Crippen LogP) is 2.95. The second kappa shape index (κ2) is 10.8. The number of aryl methyl sites for hydroxylation is 1. The summed E-state index contributed by atoms with van der Waals surface area (Å²) in [5.41, 5.74) is 9.81. The Morgan fingerprint density at radius 2 is 1.81 bits per heavy atom. The first-order valence-corrected chi connectivity index (χ1v) is 8.23. The van der Waals surface area contributed by atoms with Crippen molar-refractivity contribution in [3.05, 3.63) is 46.8 Å². The van der Waals surface area contributed by atoms with Crippen LogP contribution in [-0.4, -0.2) is 32.3 Å². The van der Waals surface area contributed by atoms with Crippen LogP contribution >= 0.6 is 24.0 Å². The number of aliphatic imine (C=N–C) groups is 1. The Hall–Kier alpha value is -2.23. The van der Waals surface area contributed by atoms with E-state index < -0.39 is 0 Å². The molecule has 0 bridgehead atoms. The molecule has 0 atom stereocenters. The van der Waals surface area contributed by atoms with Crippen molar-refractivity contribution in [2.75, 3.05) is 21.3 Å². The molecule has 0 saturated heterocycles. The Balaban J connectivity index is 0.00000364. The number of aromatic nitrogens is 1. The van der Waals surface area contributed by atoms with Crippen molar-refractivity contribution >= 4 is 29.9 Å². The zero-order valence-corrected chi connectivity index (χ0v) is 18.7. The van der Waals surface area contributed by atoms with Gasteiger partial charge in [-0.15, -0.1) is 24.0 Å². The molecule has 1 aromatic carbocycles. The summed E-state index contributed by atoms with van der Waals surface area (Å²) in [4.78, 5) is 8.79. The van der Waals surface area contributed by atoms with Gasteiger partial charge in [-0.25, -0.2) is 4.99 Å². The number of methoxy groups -OCH3 is 3. The number of nitrogens with one attached hydrogen (secondary N) is 1. The zero-order chi connectivity index (χ0) is 19.1. The van der Waals surface area contributed by atoms with Crippen LogP contribution in [0, 0.1) is 13.8 Å². The van der Waals surface area contributed by atoms with Gasteiger partial charge < -0.3 is 25.3 Å². The molecule has 0 fully saturated rings. The summed E-state index contributed by atoms with van der Waals surface area (Å²) >= 11 is 0. The summed E-state index contributed by atoms with van der Waals surface area (Å²) in [5.74, 6) is 2.54. The van der Waals surface area contributed by atoms with E-state index in [-0.39, 0.29) is 24.0 Å². The minimum atomic E-state index is 0. The molecule has 0 amide bonds. The van der Waals surface area contributed by atoms with Crippen LogP contribution in [0.4, 0.5) is 0 Å².